The number of Topliss-reactive ketones (excluding diaryl/α,β-unsaturated/α-hetero) is 1. The van der Waals surface area contributed by atoms with Crippen molar-refractivity contribution in [2.24, 2.45) is 10.9 Å². The Morgan fingerprint density at radius 1 is 1.08 bits per heavy atom. The van der Waals surface area contributed by atoms with E-state index >= 15 is 0 Å². The Kier molecular flexibility index (Phi) is 7.84. The van der Waals surface area contributed by atoms with E-state index in [1.807, 2.05) is 57.2 Å². The molecule has 1 aliphatic heterocycles. The SMILES string of the molecule is CC[C@H](C)OC(=O)C1C(C)=NC2=C(C(=O)C[C@H](c3ccc(OC)c(OC)c3)C2)[C@H]1c1cccc(Cl)c1. The van der Waals surface area contributed by atoms with E-state index in [0.717, 1.165) is 16.8 Å². The highest BCUT2D eigenvalue weighted by atomic mass is 35.5. The average molecular weight is 510 g/mol. The van der Waals surface area contributed by atoms with Crippen molar-refractivity contribution in [3.8, 4) is 11.5 Å². The summed E-state index contributed by atoms with van der Waals surface area (Å²) in [6.07, 6.45) is 1.37. The summed E-state index contributed by atoms with van der Waals surface area (Å²) in [6.45, 7) is 5.67. The number of halogens is 1. The van der Waals surface area contributed by atoms with Crippen LogP contribution in [0.2, 0.25) is 5.02 Å². The molecule has 0 spiro atoms. The molecule has 7 heteroatoms. The maximum atomic E-state index is 13.7. The fourth-order valence-corrected chi connectivity index (χ4v) is 5.32. The van der Waals surface area contributed by atoms with Gasteiger partial charge in [-0.25, -0.2) is 0 Å². The first kappa shape index (κ1) is 26.0. The summed E-state index contributed by atoms with van der Waals surface area (Å²) in [7, 11) is 3.19. The topological polar surface area (TPSA) is 74.2 Å². The molecule has 0 radical (unpaired) electrons. The lowest BCUT2D eigenvalue weighted by atomic mass is 9.69. The molecule has 0 aromatic heterocycles. The zero-order valence-corrected chi connectivity index (χ0v) is 22.1. The molecule has 36 heavy (non-hydrogen) atoms. The van der Waals surface area contributed by atoms with Crippen molar-refractivity contribution in [1.82, 2.24) is 0 Å². The Hall–Kier alpha value is -3.12. The number of nitrogens with zero attached hydrogens (tertiary/aromatic N) is 1. The van der Waals surface area contributed by atoms with E-state index in [1.54, 1.807) is 20.3 Å². The van der Waals surface area contributed by atoms with Gasteiger partial charge in [0.2, 0.25) is 0 Å². The van der Waals surface area contributed by atoms with Crippen molar-refractivity contribution < 1.29 is 23.8 Å². The normalized spacial score (nSPS) is 22.4. The number of carbonyl (C=O) groups excluding carboxylic acids is 2. The van der Waals surface area contributed by atoms with Crippen LogP contribution in [0.15, 0.2) is 58.7 Å². The summed E-state index contributed by atoms with van der Waals surface area (Å²) in [4.78, 5) is 31.9. The molecular formula is C29H32ClNO5. The molecule has 1 aliphatic carbocycles. The second-order valence-corrected chi connectivity index (χ2v) is 9.86. The van der Waals surface area contributed by atoms with Gasteiger partial charge in [0.05, 0.1) is 20.3 Å². The molecule has 0 bridgehead atoms. The summed E-state index contributed by atoms with van der Waals surface area (Å²) < 4.78 is 16.6. The molecule has 1 unspecified atom stereocenters. The van der Waals surface area contributed by atoms with Gasteiger partial charge in [0, 0.05) is 34.3 Å². The molecule has 4 atom stereocenters. The third-order valence-corrected chi connectivity index (χ3v) is 7.36. The molecule has 0 fully saturated rings. The monoisotopic (exact) mass is 509 g/mol. The van der Waals surface area contributed by atoms with Gasteiger partial charge in [0.1, 0.15) is 5.92 Å². The lowest BCUT2D eigenvalue weighted by molar-refractivity contribution is -0.151. The van der Waals surface area contributed by atoms with Gasteiger partial charge in [-0.1, -0.05) is 36.7 Å². The minimum Gasteiger partial charge on any atom is -0.493 e. The second-order valence-electron chi connectivity index (χ2n) is 9.42. The fourth-order valence-electron chi connectivity index (χ4n) is 5.12. The van der Waals surface area contributed by atoms with Crippen molar-refractivity contribution >= 4 is 29.1 Å². The van der Waals surface area contributed by atoms with Crippen LogP contribution in [0.1, 0.15) is 63.0 Å². The van der Waals surface area contributed by atoms with Gasteiger partial charge in [-0.3, -0.25) is 14.6 Å². The second kappa shape index (κ2) is 10.9. The van der Waals surface area contributed by atoms with Crippen LogP contribution in [0.25, 0.3) is 0 Å². The molecule has 4 rings (SSSR count). The summed E-state index contributed by atoms with van der Waals surface area (Å²) >= 11 is 6.33. The lowest BCUT2D eigenvalue weighted by Crippen LogP contribution is -2.39. The van der Waals surface area contributed by atoms with Gasteiger partial charge in [0.25, 0.3) is 0 Å². The first-order valence-corrected chi connectivity index (χ1v) is 12.6. The van der Waals surface area contributed by atoms with E-state index < -0.39 is 11.8 Å². The van der Waals surface area contributed by atoms with Crippen LogP contribution in [0.3, 0.4) is 0 Å². The number of aliphatic imine (C=N–C) groups is 1. The summed E-state index contributed by atoms with van der Waals surface area (Å²) in [6, 6.07) is 13.1. The summed E-state index contributed by atoms with van der Waals surface area (Å²) in [5.41, 5.74) is 3.76. The Morgan fingerprint density at radius 2 is 1.83 bits per heavy atom. The third-order valence-electron chi connectivity index (χ3n) is 7.12. The van der Waals surface area contributed by atoms with Crippen LogP contribution in [0.5, 0.6) is 11.5 Å². The van der Waals surface area contributed by atoms with Crippen molar-refractivity contribution in [2.45, 2.75) is 58.0 Å². The molecule has 0 amide bonds. The summed E-state index contributed by atoms with van der Waals surface area (Å²) in [5.74, 6) is -0.357. The number of benzene rings is 2. The molecule has 0 saturated heterocycles. The number of esters is 1. The standard InChI is InChI=1S/C29H32ClNO5/c1-6-16(2)36-29(33)26-17(3)31-22-13-20(18-10-11-24(34-4)25(15-18)35-5)14-23(32)28(22)27(26)19-8-7-9-21(30)12-19/h7-12,15-16,20,26-27H,6,13-14H2,1-5H3/t16-,20+,26?,27-/m0/s1. The third kappa shape index (κ3) is 5.05. The van der Waals surface area contributed by atoms with Crippen molar-refractivity contribution in [2.75, 3.05) is 14.2 Å². The predicted molar refractivity (Wildman–Crippen MR) is 140 cm³/mol. The van der Waals surface area contributed by atoms with E-state index in [-0.39, 0.29) is 23.8 Å². The number of hydrogen-bond donors (Lipinski definition) is 0. The van der Waals surface area contributed by atoms with Crippen LogP contribution in [-0.4, -0.2) is 37.8 Å². The van der Waals surface area contributed by atoms with Gasteiger partial charge in [0.15, 0.2) is 17.3 Å². The highest BCUT2D eigenvalue weighted by Gasteiger charge is 2.45. The van der Waals surface area contributed by atoms with Crippen molar-refractivity contribution in [3.05, 3.63) is 69.9 Å². The van der Waals surface area contributed by atoms with Crippen LogP contribution in [0.4, 0.5) is 0 Å². The van der Waals surface area contributed by atoms with Gasteiger partial charge in [-0.05, 0) is 68.0 Å². The average Bonchev–Trinajstić information content (AvgIpc) is 2.86. The first-order chi connectivity index (χ1) is 17.3. The van der Waals surface area contributed by atoms with Gasteiger partial charge in [-0.2, -0.15) is 0 Å². The van der Waals surface area contributed by atoms with Crippen molar-refractivity contribution in [1.29, 1.82) is 0 Å². The molecule has 2 aliphatic rings. The van der Waals surface area contributed by atoms with E-state index in [2.05, 4.69) is 0 Å². The Labute approximate surface area is 217 Å². The smallest absolute Gasteiger partial charge is 0.315 e. The lowest BCUT2D eigenvalue weighted by Gasteiger charge is -2.37. The van der Waals surface area contributed by atoms with E-state index in [9.17, 15) is 9.59 Å². The minimum atomic E-state index is -0.683. The number of rotatable bonds is 7. The highest BCUT2D eigenvalue weighted by molar-refractivity contribution is 6.30. The maximum Gasteiger partial charge on any atom is 0.315 e. The first-order valence-electron chi connectivity index (χ1n) is 12.3. The van der Waals surface area contributed by atoms with Crippen LogP contribution in [-0.2, 0) is 14.3 Å². The molecule has 0 N–H and O–H groups in total. The number of ketones is 1. The molecule has 2 aromatic carbocycles. The Morgan fingerprint density at radius 3 is 2.50 bits per heavy atom. The van der Waals surface area contributed by atoms with Gasteiger partial charge in [-0.15, -0.1) is 0 Å². The van der Waals surface area contributed by atoms with E-state index in [1.165, 1.54) is 0 Å². The number of carbonyl (C=O) groups is 2. The molecule has 6 nitrogen and oxygen atoms in total. The molecular weight excluding hydrogens is 478 g/mol. The van der Waals surface area contributed by atoms with Crippen LogP contribution < -0.4 is 9.47 Å². The van der Waals surface area contributed by atoms with Crippen molar-refractivity contribution in [3.63, 3.8) is 0 Å². The zero-order valence-electron chi connectivity index (χ0n) is 21.3. The zero-order chi connectivity index (χ0) is 26.0. The Balaban J connectivity index is 1.77. The quantitative estimate of drug-likeness (QED) is 0.411. The molecule has 0 saturated carbocycles. The number of ether oxygens (including phenoxy) is 3. The molecule has 1 heterocycles. The van der Waals surface area contributed by atoms with E-state index in [4.69, 9.17) is 30.8 Å². The number of methoxy groups -OCH3 is 2. The molecule has 2 aromatic rings. The van der Waals surface area contributed by atoms with Gasteiger partial charge < -0.3 is 14.2 Å². The summed E-state index contributed by atoms with van der Waals surface area (Å²) in [5, 5.41) is 0.551. The number of hydrogen-bond acceptors (Lipinski definition) is 6. The fraction of sp³-hybridized carbons (Fsp3) is 0.414. The largest absolute Gasteiger partial charge is 0.493 e. The van der Waals surface area contributed by atoms with Crippen LogP contribution >= 0.6 is 11.6 Å². The van der Waals surface area contributed by atoms with Crippen LogP contribution in [0, 0.1) is 5.92 Å². The predicted octanol–water partition coefficient (Wildman–Crippen LogP) is 6.27. The minimum absolute atomic E-state index is 0.0152. The van der Waals surface area contributed by atoms with Gasteiger partial charge >= 0.3 is 5.97 Å². The number of allylic oxidation sites excluding steroid dienone is 2. The molecule has 190 valence electrons. The maximum absolute atomic E-state index is 13.7. The Bertz CT molecular complexity index is 1230. The highest BCUT2D eigenvalue weighted by Crippen LogP contribution is 2.47. The van der Waals surface area contributed by atoms with E-state index in [0.29, 0.717) is 47.1 Å².